The van der Waals surface area contributed by atoms with E-state index in [1.54, 1.807) is 0 Å². The minimum Gasteiger partial charge on any atom is -0.0625 e. The highest BCUT2D eigenvalue weighted by Crippen LogP contribution is 2.20. The average Bonchev–Trinajstić information content (AvgIpc) is 2.70. The van der Waals surface area contributed by atoms with Crippen molar-refractivity contribution in [3.63, 3.8) is 0 Å². The highest BCUT2D eigenvalue weighted by molar-refractivity contribution is 5.23. The molecule has 2 aromatic rings. The molecule has 4 bridgehead atoms. The molecule has 0 radical (unpaired) electrons. The minimum atomic E-state index is 0.846. The molecule has 0 heterocycles. The van der Waals surface area contributed by atoms with Crippen LogP contribution in [0.2, 0.25) is 0 Å². The first-order chi connectivity index (χ1) is 13.7. The fraction of sp³-hybridized carbons (Fsp3) is 0.571. The molecule has 0 aliphatic heterocycles. The Morgan fingerprint density at radius 2 is 0.643 bits per heavy atom. The summed E-state index contributed by atoms with van der Waals surface area (Å²) >= 11 is 0. The van der Waals surface area contributed by atoms with Crippen LogP contribution >= 0.6 is 0 Å². The van der Waals surface area contributed by atoms with Gasteiger partial charge < -0.3 is 0 Å². The number of hydrogen-bond donors (Lipinski definition) is 0. The maximum atomic E-state index is 2.44. The Balaban J connectivity index is 1.57. The van der Waals surface area contributed by atoms with E-state index >= 15 is 0 Å². The van der Waals surface area contributed by atoms with Gasteiger partial charge in [-0.15, -0.1) is 0 Å². The monoisotopic (exact) mass is 376 g/mol. The highest BCUT2D eigenvalue weighted by atomic mass is 14.1. The molecule has 152 valence electrons. The third kappa shape index (κ3) is 7.46. The van der Waals surface area contributed by atoms with E-state index in [9.17, 15) is 0 Å². The number of rotatable bonds is 0. The van der Waals surface area contributed by atoms with Gasteiger partial charge in [0.2, 0.25) is 0 Å². The molecule has 0 amide bonds. The highest BCUT2D eigenvalue weighted by Gasteiger charge is 2.06. The van der Waals surface area contributed by atoms with E-state index in [1.807, 2.05) is 0 Å². The second-order valence-electron chi connectivity index (χ2n) is 9.41. The molecule has 4 aliphatic carbocycles. The van der Waals surface area contributed by atoms with E-state index in [1.165, 1.54) is 99.3 Å². The van der Waals surface area contributed by atoms with Gasteiger partial charge in [0.15, 0.2) is 0 Å². The van der Waals surface area contributed by atoms with Gasteiger partial charge in [-0.05, 0) is 85.5 Å². The van der Waals surface area contributed by atoms with Crippen molar-refractivity contribution in [3.05, 3.63) is 70.8 Å². The topological polar surface area (TPSA) is 0 Å². The number of benzene rings is 2. The van der Waals surface area contributed by atoms with Crippen LogP contribution in [0.4, 0.5) is 0 Å². The van der Waals surface area contributed by atoms with Crippen molar-refractivity contribution in [1.29, 1.82) is 0 Å². The molecule has 0 saturated heterocycles. The molecule has 2 aromatic carbocycles. The summed E-state index contributed by atoms with van der Waals surface area (Å²) in [4.78, 5) is 0. The normalized spacial score (nSPS) is 23.1. The molecule has 0 N–H and O–H groups in total. The van der Waals surface area contributed by atoms with Gasteiger partial charge >= 0.3 is 0 Å². The Bertz CT molecular complexity index is 545. The van der Waals surface area contributed by atoms with Crippen LogP contribution in [0.25, 0.3) is 0 Å². The lowest BCUT2D eigenvalue weighted by molar-refractivity contribution is 0.458. The Morgan fingerprint density at radius 1 is 0.429 bits per heavy atom. The summed E-state index contributed by atoms with van der Waals surface area (Å²) in [5.74, 6) is 1.69. The van der Waals surface area contributed by atoms with Crippen molar-refractivity contribution >= 4 is 0 Å². The molecule has 6 rings (SSSR count). The van der Waals surface area contributed by atoms with Gasteiger partial charge in [0.1, 0.15) is 0 Å². The summed E-state index contributed by atoms with van der Waals surface area (Å²) in [5.41, 5.74) is 6.08. The standard InChI is InChI=1S/C28H40/c1-23-7-3-11-25-15-19-27(20-16-25)13-5-9-24(2)10-6-14-28-21-17-26(18-22-28)12-4-8-23/h15-24H,3-14H2,1-2H3. The summed E-state index contributed by atoms with van der Waals surface area (Å²) in [7, 11) is 0. The van der Waals surface area contributed by atoms with E-state index in [0.29, 0.717) is 0 Å². The minimum absolute atomic E-state index is 0.846. The largest absolute Gasteiger partial charge is 0.0625 e. The summed E-state index contributed by atoms with van der Waals surface area (Å²) < 4.78 is 0. The SMILES string of the molecule is CC1CCCc2ccc(cc2)CCCC(C)CCCc2ccc(cc2)CCC1. The van der Waals surface area contributed by atoms with Crippen LogP contribution in [0, 0.1) is 11.8 Å². The van der Waals surface area contributed by atoms with Crippen LogP contribution in [-0.2, 0) is 25.7 Å². The summed E-state index contributed by atoms with van der Waals surface area (Å²) in [5, 5.41) is 0. The second kappa shape index (κ2) is 11.4. The molecule has 0 spiro atoms. The smallest absolute Gasteiger partial charge is 0.0279 e. The maximum Gasteiger partial charge on any atom is -0.0279 e. The molecule has 0 unspecified atom stereocenters. The zero-order valence-corrected chi connectivity index (χ0v) is 18.3. The molecule has 0 fully saturated rings. The first-order valence-corrected chi connectivity index (χ1v) is 11.8. The third-order valence-corrected chi connectivity index (χ3v) is 6.70. The first-order valence-electron chi connectivity index (χ1n) is 11.8. The predicted molar refractivity (Wildman–Crippen MR) is 123 cm³/mol. The molecular formula is C28H40. The predicted octanol–water partition coefficient (Wildman–Crippen LogP) is 7.96. The lowest BCUT2D eigenvalue weighted by Crippen LogP contribution is -2.00. The molecular weight excluding hydrogens is 336 g/mol. The molecule has 0 atom stereocenters. The number of aryl methyl sites for hydroxylation is 4. The van der Waals surface area contributed by atoms with Crippen LogP contribution in [-0.4, -0.2) is 0 Å². The zero-order valence-electron chi connectivity index (χ0n) is 18.3. The molecule has 28 heavy (non-hydrogen) atoms. The number of hydrogen-bond acceptors (Lipinski definition) is 0. The van der Waals surface area contributed by atoms with Crippen molar-refractivity contribution in [1.82, 2.24) is 0 Å². The lowest BCUT2D eigenvalue weighted by atomic mass is 9.93. The first kappa shape index (κ1) is 21.2. The molecule has 4 aliphatic rings. The maximum absolute atomic E-state index is 2.44. The van der Waals surface area contributed by atoms with Crippen LogP contribution < -0.4 is 0 Å². The fourth-order valence-corrected chi connectivity index (χ4v) is 4.65. The fourth-order valence-electron chi connectivity index (χ4n) is 4.65. The molecule has 0 aromatic heterocycles. The summed E-state index contributed by atoms with van der Waals surface area (Å²) in [6, 6.07) is 19.0. The van der Waals surface area contributed by atoms with Gasteiger partial charge in [-0.25, -0.2) is 0 Å². The van der Waals surface area contributed by atoms with Gasteiger partial charge in [0.25, 0.3) is 0 Å². The van der Waals surface area contributed by atoms with Gasteiger partial charge in [-0.2, -0.15) is 0 Å². The van der Waals surface area contributed by atoms with Gasteiger partial charge in [-0.3, -0.25) is 0 Å². The quantitative estimate of drug-likeness (QED) is 0.437. The van der Waals surface area contributed by atoms with E-state index in [2.05, 4.69) is 62.4 Å². The van der Waals surface area contributed by atoms with Crippen LogP contribution in [0.1, 0.15) is 87.5 Å². The van der Waals surface area contributed by atoms with E-state index in [4.69, 9.17) is 0 Å². The third-order valence-electron chi connectivity index (χ3n) is 6.70. The Labute approximate surface area is 173 Å². The summed E-state index contributed by atoms with van der Waals surface area (Å²) in [6.07, 6.45) is 15.7. The van der Waals surface area contributed by atoms with E-state index < -0.39 is 0 Å². The Morgan fingerprint density at radius 3 is 0.857 bits per heavy atom. The molecule has 0 nitrogen and oxygen atoms in total. The van der Waals surface area contributed by atoms with Crippen molar-refractivity contribution < 1.29 is 0 Å². The van der Waals surface area contributed by atoms with Gasteiger partial charge in [0.05, 0.1) is 0 Å². The molecule has 0 saturated carbocycles. The zero-order chi connectivity index (χ0) is 19.6. The van der Waals surface area contributed by atoms with Gasteiger partial charge in [0, 0.05) is 0 Å². The van der Waals surface area contributed by atoms with E-state index in [-0.39, 0.29) is 0 Å². The van der Waals surface area contributed by atoms with E-state index in [0.717, 1.165) is 11.8 Å². The average molecular weight is 377 g/mol. The van der Waals surface area contributed by atoms with Gasteiger partial charge in [-0.1, -0.05) is 88.1 Å². The Hall–Kier alpha value is -1.56. The van der Waals surface area contributed by atoms with Crippen molar-refractivity contribution in [2.45, 2.75) is 90.9 Å². The molecule has 0 heteroatoms. The lowest BCUT2D eigenvalue weighted by Gasteiger charge is -2.13. The van der Waals surface area contributed by atoms with Crippen LogP contribution in [0.3, 0.4) is 0 Å². The Kier molecular flexibility index (Phi) is 8.65. The van der Waals surface area contributed by atoms with Crippen LogP contribution in [0.5, 0.6) is 0 Å². The van der Waals surface area contributed by atoms with Crippen LogP contribution in [0.15, 0.2) is 48.5 Å². The summed E-state index contributed by atoms with van der Waals surface area (Å²) in [6.45, 7) is 4.87. The van der Waals surface area contributed by atoms with Crippen molar-refractivity contribution in [2.75, 3.05) is 0 Å². The second-order valence-corrected chi connectivity index (χ2v) is 9.41. The van der Waals surface area contributed by atoms with Crippen molar-refractivity contribution in [3.8, 4) is 0 Å². The van der Waals surface area contributed by atoms with Crippen molar-refractivity contribution in [2.24, 2.45) is 11.8 Å².